The lowest BCUT2D eigenvalue weighted by atomic mass is 10.0. The van der Waals surface area contributed by atoms with E-state index in [1.165, 1.54) is 0 Å². The normalized spacial score (nSPS) is 12.4. The average Bonchev–Trinajstić information content (AvgIpc) is 2.25. The molecular formula is C10H7F6NO. The van der Waals surface area contributed by atoms with Crippen molar-refractivity contribution in [2.75, 3.05) is 7.05 Å². The van der Waals surface area contributed by atoms with E-state index in [0.717, 1.165) is 7.05 Å². The Bertz CT molecular complexity index is 430. The smallest absolute Gasteiger partial charge is 0.355 e. The number of rotatable bonds is 1. The summed E-state index contributed by atoms with van der Waals surface area (Å²) in [6.07, 6.45) is -9.91. The fourth-order valence-electron chi connectivity index (χ4n) is 1.23. The molecule has 1 aromatic carbocycles. The Balaban J connectivity index is 3.44. The molecule has 0 unspecified atom stereocenters. The summed E-state index contributed by atoms with van der Waals surface area (Å²) in [5, 5.41) is 1.96. The van der Waals surface area contributed by atoms with E-state index in [1.807, 2.05) is 5.32 Å². The monoisotopic (exact) mass is 271 g/mol. The van der Waals surface area contributed by atoms with Crippen LogP contribution in [0.1, 0.15) is 21.5 Å². The lowest BCUT2D eigenvalue weighted by Gasteiger charge is -2.13. The Kier molecular flexibility index (Phi) is 3.59. The molecule has 1 rings (SSSR count). The quantitative estimate of drug-likeness (QED) is 0.781. The maximum atomic E-state index is 12.4. The van der Waals surface area contributed by atoms with Crippen LogP contribution in [-0.2, 0) is 12.4 Å². The van der Waals surface area contributed by atoms with Crippen LogP contribution >= 0.6 is 0 Å². The largest absolute Gasteiger partial charge is 0.416 e. The second-order valence-electron chi connectivity index (χ2n) is 3.37. The van der Waals surface area contributed by atoms with Crippen molar-refractivity contribution >= 4 is 5.91 Å². The van der Waals surface area contributed by atoms with Crippen LogP contribution in [0.25, 0.3) is 0 Å². The van der Waals surface area contributed by atoms with E-state index < -0.39 is 35.0 Å². The van der Waals surface area contributed by atoms with Crippen LogP contribution in [0.4, 0.5) is 26.3 Å². The highest BCUT2D eigenvalue weighted by atomic mass is 19.4. The van der Waals surface area contributed by atoms with Gasteiger partial charge in [0.15, 0.2) is 0 Å². The van der Waals surface area contributed by atoms with Crippen LogP contribution in [0.5, 0.6) is 0 Å². The third kappa shape index (κ3) is 3.14. The van der Waals surface area contributed by atoms with Gasteiger partial charge in [0, 0.05) is 12.6 Å². The lowest BCUT2D eigenvalue weighted by Crippen LogP contribution is -2.20. The number of benzene rings is 1. The third-order valence-electron chi connectivity index (χ3n) is 2.08. The summed E-state index contributed by atoms with van der Waals surface area (Å²) in [6.45, 7) is 0. The Morgan fingerprint density at radius 2 is 1.33 bits per heavy atom. The first-order valence-corrected chi connectivity index (χ1v) is 4.57. The minimum Gasteiger partial charge on any atom is -0.355 e. The second kappa shape index (κ2) is 4.51. The molecule has 0 aliphatic heterocycles. The molecule has 0 saturated heterocycles. The number of halogens is 6. The summed E-state index contributed by atoms with van der Waals surface area (Å²) in [5.74, 6) is -1.02. The van der Waals surface area contributed by atoms with Gasteiger partial charge in [0.25, 0.3) is 5.91 Å². The minimum atomic E-state index is -4.95. The molecule has 0 bridgehead atoms. The SMILES string of the molecule is CNC(=O)c1cc(C(F)(F)F)cc(C(F)(F)F)c1. The van der Waals surface area contributed by atoms with Crippen LogP contribution in [0.3, 0.4) is 0 Å². The standard InChI is InChI=1S/C10H7F6NO/c1-17-8(18)5-2-6(9(11,12)13)4-7(3-5)10(14,15)16/h2-4H,1H3,(H,17,18). The summed E-state index contributed by atoms with van der Waals surface area (Å²) in [7, 11) is 1.11. The average molecular weight is 271 g/mol. The Hall–Kier alpha value is -1.73. The zero-order valence-electron chi connectivity index (χ0n) is 8.91. The Morgan fingerprint density at radius 1 is 0.944 bits per heavy atom. The molecule has 0 aliphatic carbocycles. The molecule has 0 spiro atoms. The highest BCUT2D eigenvalue weighted by Crippen LogP contribution is 2.36. The summed E-state index contributed by atoms with van der Waals surface area (Å²) < 4.78 is 74.4. The van der Waals surface area contributed by atoms with Gasteiger partial charge in [-0.05, 0) is 18.2 Å². The predicted molar refractivity (Wildman–Crippen MR) is 49.8 cm³/mol. The van der Waals surface area contributed by atoms with Crippen LogP contribution in [0.15, 0.2) is 18.2 Å². The van der Waals surface area contributed by atoms with Crippen molar-refractivity contribution in [2.45, 2.75) is 12.4 Å². The predicted octanol–water partition coefficient (Wildman–Crippen LogP) is 3.08. The molecule has 0 aromatic heterocycles. The Morgan fingerprint density at radius 3 is 1.61 bits per heavy atom. The molecule has 1 N–H and O–H groups in total. The van der Waals surface area contributed by atoms with Crippen LogP contribution in [-0.4, -0.2) is 13.0 Å². The molecule has 0 fully saturated rings. The number of hydrogen-bond donors (Lipinski definition) is 1. The molecule has 1 amide bonds. The number of carbonyl (C=O) groups excluding carboxylic acids is 1. The summed E-state index contributed by atoms with van der Waals surface area (Å²) in [5.41, 5.74) is -3.73. The molecule has 100 valence electrons. The molecular weight excluding hydrogens is 264 g/mol. The minimum absolute atomic E-state index is 0.0353. The fourth-order valence-corrected chi connectivity index (χ4v) is 1.23. The van der Waals surface area contributed by atoms with Gasteiger partial charge in [0.2, 0.25) is 0 Å². The number of alkyl halides is 6. The third-order valence-corrected chi connectivity index (χ3v) is 2.08. The van der Waals surface area contributed by atoms with Crippen molar-refractivity contribution in [1.82, 2.24) is 5.32 Å². The zero-order chi connectivity index (χ0) is 14.1. The van der Waals surface area contributed by atoms with Crippen molar-refractivity contribution in [3.8, 4) is 0 Å². The van der Waals surface area contributed by atoms with Gasteiger partial charge in [0.1, 0.15) is 0 Å². The summed E-state index contributed by atoms with van der Waals surface area (Å²) in [6, 6.07) is 0.703. The first-order chi connectivity index (χ1) is 8.05. The molecule has 2 nitrogen and oxygen atoms in total. The van der Waals surface area contributed by atoms with E-state index in [-0.39, 0.29) is 6.07 Å². The van der Waals surface area contributed by atoms with Crippen molar-refractivity contribution in [1.29, 1.82) is 0 Å². The lowest BCUT2D eigenvalue weighted by molar-refractivity contribution is -0.143. The van der Waals surface area contributed by atoms with Crippen LogP contribution in [0, 0.1) is 0 Å². The highest BCUT2D eigenvalue weighted by molar-refractivity contribution is 5.94. The highest BCUT2D eigenvalue weighted by Gasteiger charge is 2.37. The number of hydrogen-bond acceptors (Lipinski definition) is 1. The molecule has 0 heterocycles. The first kappa shape index (κ1) is 14.3. The molecule has 0 radical (unpaired) electrons. The van der Waals surface area contributed by atoms with Gasteiger partial charge in [0.05, 0.1) is 11.1 Å². The van der Waals surface area contributed by atoms with Crippen LogP contribution in [0.2, 0.25) is 0 Å². The van der Waals surface area contributed by atoms with E-state index in [1.54, 1.807) is 0 Å². The summed E-state index contributed by atoms with van der Waals surface area (Å²) >= 11 is 0. The van der Waals surface area contributed by atoms with E-state index in [2.05, 4.69) is 0 Å². The number of amides is 1. The number of carbonyl (C=O) groups is 1. The van der Waals surface area contributed by atoms with Gasteiger partial charge in [-0.15, -0.1) is 0 Å². The molecule has 0 aliphatic rings. The molecule has 8 heteroatoms. The fraction of sp³-hybridized carbons (Fsp3) is 0.300. The van der Waals surface area contributed by atoms with Crippen molar-refractivity contribution < 1.29 is 31.1 Å². The van der Waals surface area contributed by atoms with E-state index in [9.17, 15) is 31.1 Å². The van der Waals surface area contributed by atoms with Crippen molar-refractivity contribution in [3.63, 3.8) is 0 Å². The van der Waals surface area contributed by atoms with Gasteiger partial charge in [-0.2, -0.15) is 26.3 Å². The van der Waals surface area contributed by atoms with E-state index in [0.29, 0.717) is 12.1 Å². The second-order valence-corrected chi connectivity index (χ2v) is 3.37. The zero-order valence-corrected chi connectivity index (χ0v) is 8.91. The maximum Gasteiger partial charge on any atom is 0.416 e. The van der Waals surface area contributed by atoms with E-state index in [4.69, 9.17) is 0 Å². The van der Waals surface area contributed by atoms with Crippen LogP contribution < -0.4 is 5.32 Å². The van der Waals surface area contributed by atoms with Gasteiger partial charge >= 0.3 is 12.4 Å². The number of nitrogens with one attached hydrogen (secondary N) is 1. The van der Waals surface area contributed by atoms with Gasteiger partial charge in [-0.1, -0.05) is 0 Å². The van der Waals surface area contributed by atoms with Gasteiger partial charge < -0.3 is 5.32 Å². The summed E-state index contributed by atoms with van der Waals surface area (Å²) in [4.78, 5) is 11.1. The van der Waals surface area contributed by atoms with Gasteiger partial charge in [-0.3, -0.25) is 4.79 Å². The molecule has 1 aromatic rings. The first-order valence-electron chi connectivity index (χ1n) is 4.57. The van der Waals surface area contributed by atoms with Gasteiger partial charge in [-0.25, -0.2) is 0 Å². The van der Waals surface area contributed by atoms with Crippen molar-refractivity contribution in [3.05, 3.63) is 34.9 Å². The van der Waals surface area contributed by atoms with Crippen molar-refractivity contribution in [2.24, 2.45) is 0 Å². The van der Waals surface area contributed by atoms with E-state index >= 15 is 0 Å². The Labute approximate surface area is 97.6 Å². The molecule has 18 heavy (non-hydrogen) atoms. The topological polar surface area (TPSA) is 29.1 Å². The molecule has 0 atom stereocenters. The maximum absolute atomic E-state index is 12.4. The molecule has 0 saturated carbocycles.